The fraction of sp³-hybridized carbons (Fsp3) is 0.316. The van der Waals surface area contributed by atoms with Crippen LogP contribution >= 0.6 is 11.3 Å². The molecule has 4 rings (SSSR count). The van der Waals surface area contributed by atoms with Gasteiger partial charge in [0.25, 0.3) is 0 Å². The number of methoxy groups -OCH3 is 1. The first-order valence-corrected chi connectivity index (χ1v) is 9.56. The highest BCUT2D eigenvalue weighted by Gasteiger charge is 2.31. The van der Waals surface area contributed by atoms with Crippen molar-refractivity contribution in [3.05, 3.63) is 52.3 Å². The van der Waals surface area contributed by atoms with Crippen LogP contribution < -0.4 is 15.4 Å². The summed E-state index contributed by atoms with van der Waals surface area (Å²) in [6, 6.07) is 7.34. The SMILES string of the molecule is COc1ccc(-c2nc(C)c(C(C)NC(=O)C3NCc4[nH]ncc43)s2)cc1. The van der Waals surface area contributed by atoms with E-state index in [9.17, 15) is 4.79 Å². The second kappa shape index (κ2) is 7.13. The van der Waals surface area contributed by atoms with Gasteiger partial charge in [-0.15, -0.1) is 11.3 Å². The Kier molecular flexibility index (Phi) is 4.67. The summed E-state index contributed by atoms with van der Waals surface area (Å²) in [4.78, 5) is 18.4. The van der Waals surface area contributed by atoms with Gasteiger partial charge in [-0.25, -0.2) is 4.98 Å². The summed E-state index contributed by atoms with van der Waals surface area (Å²) >= 11 is 1.60. The highest BCUT2D eigenvalue weighted by atomic mass is 32.1. The number of rotatable bonds is 5. The maximum absolute atomic E-state index is 12.7. The fourth-order valence-electron chi connectivity index (χ4n) is 3.29. The highest BCUT2D eigenvalue weighted by Crippen LogP contribution is 2.33. The number of benzene rings is 1. The number of ether oxygens (including phenoxy) is 1. The lowest BCUT2D eigenvalue weighted by molar-refractivity contribution is -0.123. The van der Waals surface area contributed by atoms with Crippen LogP contribution in [0.2, 0.25) is 0 Å². The topological polar surface area (TPSA) is 91.9 Å². The second-order valence-electron chi connectivity index (χ2n) is 6.55. The minimum atomic E-state index is -0.365. The molecule has 7 nitrogen and oxygen atoms in total. The second-order valence-corrected chi connectivity index (χ2v) is 7.58. The molecule has 0 bridgehead atoms. The molecule has 140 valence electrons. The summed E-state index contributed by atoms with van der Waals surface area (Å²) in [6.07, 6.45) is 1.71. The van der Waals surface area contributed by atoms with Crippen molar-refractivity contribution in [2.24, 2.45) is 0 Å². The summed E-state index contributed by atoms with van der Waals surface area (Å²) in [6.45, 7) is 4.59. The van der Waals surface area contributed by atoms with Crippen molar-refractivity contribution in [1.82, 2.24) is 25.8 Å². The van der Waals surface area contributed by atoms with Gasteiger partial charge in [-0.05, 0) is 38.1 Å². The first kappa shape index (κ1) is 17.7. The predicted octanol–water partition coefficient (Wildman–Crippen LogP) is 2.87. The number of carbonyl (C=O) groups excluding carboxylic acids is 1. The highest BCUT2D eigenvalue weighted by molar-refractivity contribution is 7.15. The van der Waals surface area contributed by atoms with E-state index in [0.29, 0.717) is 6.54 Å². The number of thiazole rings is 1. The third-order valence-electron chi connectivity index (χ3n) is 4.73. The third-order valence-corrected chi connectivity index (χ3v) is 6.12. The molecule has 0 saturated carbocycles. The van der Waals surface area contributed by atoms with E-state index in [1.807, 2.05) is 38.1 Å². The number of nitrogens with one attached hydrogen (secondary N) is 3. The number of aromatic amines is 1. The van der Waals surface area contributed by atoms with Crippen molar-refractivity contribution >= 4 is 17.2 Å². The van der Waals surface area contributed by atoms with Crippen LogP contribution in [-0.4, -0.2) is 28.2 Å². The number of hydrogen-bond donors (Lipinski definition) is 3. The van der Waals surface area contributed by atoms with E-state index >= 15 is 0 Å². The molecule has 0 aliphatic carbocycles. The molecule has 3 heterocycles. The molecule has 3 N–H and O–H groups in total. The van der Waals surface area contributed by atoms with Crippen molar-refractivity contribution in [2.45, 2.75) is 32.5 Å². The van der Waals surface area contributed by atoms with E-state index < -0.39 is 0 Å². The Morgan fingerprint density at radius 2 is 2.15 bits per heavy atom. The Morgan fingerprint density at radius 1 is 1.37 bits per heavy atom. The molecule has 2 unspecified atom stereocenters. The Balaban J connectivity index is 1.50. The molecule has 2 atom stereocenters. The lowest BCUT2D eigenvalue weighted by Gasteiger charge is -2.17. The lowest BCUT2D eigenvalue weighted by atomic mass is 10.1. The number of H-pyrrole nitrogens is 1. The molecule has 0 radical (unpaired) electrons. The molecule has 0 fully saturated rings. The van der Waals surface area contributed by atoms with Crippen molar-refractivity contribution in [3.63, 3.8) is 0 Å². The van der Waals surface area contributed by atoms with Crippen molar-refractivity contribution in [2.75, 3.05) is 7.11 Å². The maximum atomic E-state index is 12.7. The van der Waals surface area contributed by atoms with Gasteiger partial charge in [-0.3, -0.25) is 15.2 Å². The number of amides is 1. The van der Waals surface area contributed by atoms with Crippen LogP contribution in [0.1, 0.15) is 40.8 Å². The van der Waals surface area contributed by atoms with E-state index in [0.717, 1.165) is 38.1 Å². The lowest BCUT2D eigenvalue weighted by Crippen LogP contribution is -2.35. The molecule has 1 amide bonds. The summed E-state index contributed by atoms with van der Waals surface area (Å²) in [7, 11) is 1.65. The third kappa shape index (κ3) is 3.33. The molecule has 0 spiro atoms. The molecule has 8 heteroatoms. The molecule has 3 aromatic rings. The average Bonchev–Trinajstić information content (AvgIpc) is 3.37. The molecule has 1 aliphatic heterocycles. The first-order chi connectivity index (χ1) is 13.1. The number of aryl methyl sites for hydroxylation is 1. The monoisotopic (exact) mass is 383 g/mol. The number of nitrogens with zero attached hydrogens (tertiary/aromatic N) is 2. The Hall–Kier alpha value is -2.71. The van der Waals surface area contributed by atoms with Crippen LogP contribution in [0.5, 0.6) is 5.75 Å². The number of carbonyl (C=O) groups is 1. The summed E-state index contributed by atoms with van der Waals surface area (Å²) < 4.78 is 5.21. The smallest absolute Gasteiger partial charge is 0.242 e. The van der Waals surface area contributed by atoms with Gasteiger partial charge in [0.1, 0.15) is 16.8 Å². The summed E-state index contributed by atoms with van der Waals surface area (Å²) in [5.74, 6) is 0.761. The van der Waals surface area contributed by atoms with Gasteiger partial charge < -0.3 is 10.1 Å². The van der Waals surface area contributed by atoms with Gasteiger partial charge in [-0.2, -0.15) is 5.10 Å². The maximum Gasteiger partial charge on any atom is 0.242 e. The van der Waals surface area contributed by atoms with E-state index in [2.05, 4.69) is 25.8 Å². The van der Waals surface area contributed by atoms with Crippen molar-refractivity contribution < 1.29 is 9.53 Å². The predicted molar refractivity (Wildman–Crippen MR) is 104 cm³/mol. The van der Waals surface area contributed by atoms with Gasteiger partial charge in [0.05, 0.1) is 35.6 Å². The van der Waals surface area contributed by atoms with Crippen LogP contribution in [-0.2, 0) is 11.3 Å². The largest absolute Gasteiger partial charge is 0.497 e. The first-order valence-electron chi connectivity index (χ1n) is 8.74. The van der Waals surface area contributed by atoms with E-state index in [1.165, 1.54) is 0 Å². The van der Waals surface area contributed by atoms with Gasteiger partial charge in [0.2, 0.25) is 5.91 Å². The molecule has 0 saturated heterocycles. The molecule has 1 aromatic carbocycles. The van der Waals surface area contributed by atoms with Crippen LogP contribution in [0.3, 0.4) is 0 Å². The van der Waals surface area contributed by atoms with Crippen molar-refractivity contribution in [3.8, 4) is 16.3 Å². The summed E-state index contributed by atoms with van der Waals surface area (Å²) in [5.41, 5.74) is 3.86. The van der Waals surface area contributed by atoms with Gasteiger partial charge in [-0.1, -0.05) is 0 Å². The zero-order valence-electron chi connectivity index (χ0n) is 15.4. The fourth-order valence-corrected chi connectivity index (χ4v) is 4.36. The molecular weight excluding hydrogens is 362 g/mol. The molecular formula is C19H21N5O2S. The standard InChI is InChI=1S/C19H21N5O2S/c1-10(22-18(25)16-14-8-21-24-15(14)9-20-16)17-11(2)23-19(27-17)12-4-6-13(26-3)7-5-12/h4-8,10,16,20H,9H2,1-3H3,(H,21,24)(H,22,25). The van der Waals surface area contributed by atoms with Crippen molar-refractivity contribution in [1.29, 1.82) is 0 Å². The normalized spacial score (nSPS) is 16.8. The van der Waals surface area contributed by atoms with Crippen LogP contribution in [0, 0.1) is 6.92 Å². The molecule has 2 aromatic heterocycles. The number of hydrogen-bond acceptors (Lipinski definition) is 6. The van der Waals surface area contributed by atoms with E-state index in [4.69, 9.17) is 4.74 Å². The minimum Gasteiger partial charge on any atom is -0.497 e. The van der Waals surface area contributed by atoms with E-state index in [-0.39, 0.29) is 18.0 Å². The van der Waals surface area contributed by atoms with Gasteiger partial charge in [0.15, 0.2) is 0 Å². The zero-order chi connectivity index (χ0) is 19.0. The average molecular weight is 383 g/mol. The summed E-state index contributed by atoms with van der Waals surface area (Å²) in [5, 5.41) is 14.2. The Labute approximate surface area is 161 Å². The zero-order valence-corrected chi connectivity index (χ0v) is 16.2. The van der Waals surface area contributed by atoms with Crippen LogP contribution in [0.4, 0.5) is 0 Å². The van der Waals surface area contributed by atoms with E-state index in [1.54, 1.807) is 24.6 Å². The molecule has 27 heavy (non-hydrogen) atoms. The Bertz CT molecular complexity index is 963. The Morgan fingerprint density at radius 3 is 2.89 bits per heavy atom. The minimum absolute atomic E-state index is 0.0542. The quantitative estimate of drug-likeness (QED) is 0.630. The number of fused-ring (bicyclic) bond motifs is 1. The van der Waals surface area contributed by atoms with Gasteiger partial charge in [0, 0.05) is 17.7 Å². The van der Waals surface area contributed by atoms with Gasteiger partial charge >= 0.3 is 0 Å². The van der Waals surface area contributed by atoms with Crippen LogP contribution in [0.25, 0.3) is 10.6 Å². The number of aromatic nitrogens is 3. The van der Waals surface area contributed by atoms with Crippen LogP contribution in [0.15, 0.2) is 30.5 Å². The molecule has 1 aliphatic rings.